The van der Waals surface area contributed by atoms with Crippen LogP contribution in [0.4, 0.5) is 13.2 Å². The Hall–Kier alpha value is -3.40. The number of aliphatic carboxylic acids is 1. The van der Waals surface area contributed by atoms with Crippen LogP contribution >= 0.6 is 0 Å². The zero-order chi connectivity index (χ0) is 29.2. The molecule has 4 aromatic rings. The molecule has 1 aromatic carbocycles. The van der Waals surface area contributed by atoms with Crippen LogP contribution in [0.2, 0.25) is 0 Å². The number of fused-ring (bicyclic) bond motifs is 3. The maximum absolute atomic E-state index is 10.6. The third-order valence-electron chi connectivity index (χ3n) is 7.55. The highest BCUT2D eigenvalue weighted by atomic mass is 19.4. The number of carboxylic acids is 1. The quantitative estimate of drug-likeness (QED) is 0.258. The van der Waals surface area contributed by atoms with E-state index in [4.69, 9.17) is 19.9 Å². The zero-order valence-corrected chi connectivity index (χ0v) is 23.8. The molecule has 216 valence electrons. The van der Waals surface area contributed by atoms with Crippen molar-refractivity contribution in [2.75, 3.05) is 13.1 Å². The fourth-order valence-electron chi connectivity index (χ4n) is 5.70. The van der Waals surface area contributed by atoms with Gasteiger partial charge >= 0.3 is 12.1 Å². The lowest BCUT2D eigenvalue weighted by atomic mass is 9.85. The predicted octanol–water partition coefficient (Wildman–Crippen LogP) is 6.81. The third kappa shape index (κ3) is 6.01. The van der Waals surface area contributed by atoms with Gasteiger partial charge in [-0.2, -0.15) is 13.2 Å². The van der Waals surface area contributed by atoms with Crippen LogP contribution in [0.15, 0.2) is 30.5 Å². The molecule has 5 rings (SSSR count). The van der Waals surface area contributed by atoms with Gasteiger partial charge in [0.15, 0.2) is 5.65 Å². The lowest BCUT2D eigenvalue weighted by Gasteiger charge is -2.32. The minimum absolute atomic E-state index is 0.867. The Morgan fingerprint density at radius 3 is 2.33 bits per heavy atom. The Morgan fingerprint density at radius 1 is 1.15 bits per heavy atom. The van der Waals surface area contributed by atoms with Gasteiger partial charge in [-0.15, -0.1) is 0 Å². The molecule has 1 fully saturated rings. The Kier molecular flexibility index (Phi) is 8.87. The van der Waals surface area contributed by atoms with Crippen molar-refractivity contribution in [2.45, 2.75) is 79.4 Å². The fourth-order valence-corrected chi connectivity index (χ4v) is 5.70. The van der Waals surface area contributed by atoms with E-state index in [0.29, 0.717) is 0 Å². The molecule has 1 N–H and O–H groups in total. The molecular weight excluding hydrogens is 519 g/mol. The molecule has 1 aliphatic rings. The highest BCUT2D eigenvalue weighted by Gasteiger charge is 2.38. The molecule has 1 aliphatic carbocycles. The van der Waals surface area contributed by atoms with Gasteiger partial charge in [0, 0.05) is 19.3 Å². The van der Waals surface area contributed by atoms with Crippen LogP contribution in [-0.2, 0) is 17.8 Å². The number of benzene rings is 1. The van der Waals surface area contributed by atoms with Gasteiger partial charge in [0.05, 0.1) is 22.6 Å². The van der Waals surface area contributed by atoms with Gasteiger partial charge in [0.2, 0.25) is 5.78 Å². The number of carboxylic acid groups (broad SMARTS) is 1. The largest absolute Gasteiger partial charge is 0.490 e. The van der Waals surface area contributed by atoms with E-state index >= 15 is 0 Å². The van der Waals surface area contributed by atoms with Crippen LogP contribution in [-0.4, -0.2) is 54.2 Å². The third-order valence-corrected chi connectivity index (χ3v) is 7.55. The lowest BCUT2D eigenvalue weighted by molar-refractivity contribution is -0.192. The summed E-state index contributed by atoms with van der Waals surface area (Å²) in [7, 11) is 0. The molecule has 10 heteroatoms. The van der Waals surface area contributed by atoms with Gasteiger partial charge in [0.1, 0.15) is 0 Å². The van der Waals surface area contributed by atoms with Gasteiger partial charge in [-0.25, -0.2) is 14.8 Å². The second kappa shape index (κ2) is 12.0. The number of nitrogens with zero attached hydrogens (tertiary/aromatic N) is 5. The van der Waals surface area contributed by atoms with Crippen molar-refractivity contribution in [1.29, 1.82) is 0 Å². The summed E-state index contributed by atoms with van der Waals surface area (Å²) in [6, 6.07) is 8.78. The molecule has 0 atom stereocenters. The van der Waals surface area contributed by atoms with Crippen LogP contribution in [0, 0.1) is 26.7 Å². The minimum atomic E-state index is -5.08. The number of hydrogen-bond donors (Lipinski definition) is 1. The average molecular weight is 558 g/mol. The highest BCUT2D eigenvalue weighted by molar-refractivity contribution is 5.81. The summed E-state index contributed by atoms with van der Waals surface area (Å²) >= 11 is 0. The number of carbonyl (C=O) groups is 1. The van der Waals surface area contributed by atoms with E-state index in [0.717, 1.165) is 42.4 Å². The summed E-state index contributed by atoms with van der Waals surface area (Å²) in [5.41, 5.74) is 9.70. The number of hydrogen-bond acceptors (Lipinski definition) is 4. The van der Waals surface area contributed by atoms with Crippen LogP contribution in [0.5, 0.6) is 0 Å². The van der Waals surface area contributed by atoms with Crippen LogP contribution < -0.4 is 0 Å². The Balaban J connectivity index is 0.000000470. The monoisotopic (exact) mass is 557 g/mol. The summed E-state index contributed by atoms with van der Waals surface area (Å²) in [6.45, 7) is 14.4. The number of imidazole rings is 2. The van der Waals surface area contributed by atoms with Crippen LogP contribution in [0.3, 0.4) is 0 Å². The normalized spacial score (nSPS) is 14.0. The SMILES string of the molecule is CCCN(Cc1c(CC)nc2n(-c3c(C)cc(C)cc3C)c3ncccc3n12)CC1CCC1.O=C(O)C(F)(F)F. The van der Waals surface area contributed by atoms with Crippen molar-refractivity contribution in [3.8, 4) is 5.69 Å². The van der Waals surface area contributed by atoms with Crippen molar-refractivity contribution in [2.24, 2.45) is 5.92 Å². The van der Waals surface area contributed by atoms with E-state index in [1.807, 2.05) is 6.20 Å². The van der Waals surface area contributed by atoms with Crippen molar-refractivity contribution < 1.29 is 23.1 Å². The number of aryl methyl sites for hydroxylation is 4. The standard InChI is InChI=1S/C28H37N5.C2HF3O2/c1-6-14-31(17-22-10-8-11-22)18-25-23(7-2)30-28-32(25)24-12-9-13-29-27(24)33(28)26-20(4)15-19(3)16-21(26)5;3-2(4,5)1(6)7/h9,12-13,15-16,22H,6-8,10-11,14,17-18H2,1-5H3;(H,6,7). The molecule has 40 heavy (non-hydrogen) atoms. The van der Waals surface area contributed by atoms with Crippen molar-refractivity contribution in [3.63, 3.8) is 0 Å². The second-order valence-electron chi connectivity index (χ2n) is 10.8. The summed E-state index contributed by atoms with van der Waals surface area (Å²) in [5.74, 6) is -0.899. The van der Waals surface area contributed by atoms with Crippen molar-refractivity contribution in [1.82, 2.24) is 23.8 Å². The molecule has 0 radical (unpaired) electrons. The molecule has 7 nitrogen and oxygen atoms in total. The van der Waals surface area contributed by atoms with E-state index in [1.165, 1.54) is 66.0 Å². The molecule has 0 bridgehead atoms. The van der Waals surface area contributed by atoms with Gasteiger partial charge in [-0.05, 0) is 82.2 Å². The maximum Gasteiger partial charge on any atom is 0.490 e. The first-order valence-corrected chi connectivity index (χ1v) is 13.9. The number of halogens is 3. The van der Waals surface area contributed by atoms with Gasteiger partial charge in [-0.1, -0.05) is 38.0 Å². The Morgan fingerprint density at radius 2 is 1.80 bits per heavy atom. The van der Waals surface area contributed by atoms with E-state index < -0.39 is 12.1 Å². The smallest absolute Gasteiger partial charge is 0.475 e. The van der Waals surface area contributed by atoms with E-state index in [9.17, 15) is 13.2 Å². The zero-order valence-electron chi connectivity index (χ0n) is 23.8. The number of pyridine rings is 1. The summed E-state index contributed by atoms with van der Waals surface area (Å²) in [5, 5.41) is 7.12. The highest BCUT2D eigenvalue weighted by Crippen LogP contribution is 2.32. The summed E-state index contributed by atoms with van der Waals surface area (Å²) < 4.78 is 36.4. The van der Waals surface area contributed by atoms with Gasteiger partial charge in [-0.3, -0.25) is 13.9 Å². The molecule has 0 unspecified atom stereocenters. The molecule has 0 saturated heterocycles. The first-order valence-electron chi connectivity index (χ1n) is 13.9. The Labute approximate surface area is 232 Å². The Bertz CT molecular complexity index is 1480. The maximum atomic E-state index is 10.6. The van der Waals surface area contributed by atoms with E-state index in [-0.39, 0.29) is 0 Å². The molecule has 3 heterocycles. The first kappa shape index (κ1) is 29.6. The summed E-state index contributed by atoms with van der Waals surface area (Å²) in [4.78, 5) is 21.6. The number of rotatable bonds is 8. The average Bonchev–Trinajstić information content (AvgIpc) is 3.36. The van der Waals surface area contributed by atoms with Crippen molar-refractivity contribution in [3.05, 3.63) is 58.5 Å². The van der Waals surface area contributed by atoms with Crippen LogP contribution in [0.1, 0.15) is 67.6 Å². The lowest BCUT2D eigenvalue weighted by Crippen LogP contribution is -2.33. The molecule has 1 saturated carbocycles. The van der Waals surface area contributed by atoms with Crippen LogP contribution in [0.25, 0.3) is 22.6 Å². The molecule has 0 amide bonds. The van der Waals surface area contributed by atoms with Gasteiger partial charge < -0.3 is 5.11 Å². The molecule has 0 aliphatic heterocycles. The van der Waals surface area contributed by atoms with Crippen molar-refractivity contribution >= 4 is 22.9 Å². The number of aromatic nitrogens is 4. The van der Waals surface area contributed by atoms with Gasteiger partial charge in [0.25, 0.3) is 0 Å². The second-order valence-corrected chi connectivity index (χ2v) is 10.8. The molecule has 0 spiro atoms. The summed E-state index contributed by atoms with van der Waals surface area (Å²) in [6.07, 6.45) is 3.11. The predicted molar refractivity (Wildman–Crippen MR) is 150 cm³/mol. The molecular formula is C30H38F3N5O2. The van der Waals surface area contributed by atoms with E-state index in [2.05, 4.69) is 72.8 Å². The fraction of sp³-hybridized carbons (Fsp3) is 0.500. The topological polar surface area (TPSA) is 75.7 Å². The first-order chi connectivity index (χ1) is 19.0. The van der Waals surface area contributed by atoms with E-state index in [1.54, 1.807) is 0 Å². The molecule has 3 aromatic heterocycles. The number of alkyl halides is 3. The minimum Gasteiger partial charge on any atom is -0.475 e.